The van der Waals surface area contributed by atoms with Crippen LogP contribution in [0.4, 0.5) is 16.2 Å². The van der Waals surface area contributed by atoms with Crippen LogP contribution in [0.15, 0.2) is 30.0 Å². The summed E-state index contributed by atoms with van der Waals surface area (Å²) in [4.78, 5) is 37.1. The first-order chi connectivity index (χ1) is 11.3. The minimum atomic E-state index is -1.27. The van der Waals surface area contributed by atoms with E-state index in [-0.39, 0.29) is 11.6 Å². The summed E-state index contributed by atoms with van der Waals surface area (Å²) in [6.07, 6.45) is 1.26. The molecule has 2 amide bonds. The average molecular weight is 331 g/mol. The van der Waals surface area contributed by atoms with E-state index < -0.39 is 17.7 Å². The summed E-state index contributed by atoms with van der Waals surface area (Å²) in [6, 6.07) is 5.13. The number of benzene rings is 1. The summed E-state index contributed by atoms with van der Waals surface area (Å²) in [6.45, 7) is 3.37. The number of carbonyl (C=O) groups excluding carboxylic acids is 3. The molecule has 0 radical (unpaired) electrons. The second-order valence-electron chi connectivity index (χ2n) is 6.00. The van der Waals surface area contributed by atoms with Crippen LogP contribution < -0.4 is 10.6 Å². The lowest BCUT2D eigenvalue weighted by molar-refractivity contribution is -0.222. The van der Waals surface area contributed by atoms with Crippen molar-refractivity contribution in [3.8, 4) is 0 Å². The standard InChI is InChI=1S/C16H17N3O5/c1-16(2)23-13(20)9(14(21)24-16)7-17-11-5-4-6-12-10(11)8-19(3)15(22)18-12/h4-7,17H,8H2,1-3H3,(H,18,22). The van der Waals surface area contributed by atoms with E-state index in [1.54, 1.807) is 25.2 Å². The monoisotopic (exact) mass is 331 g/mol. The van der Waals surface area contributed by atoms with Crippen molar-refractivity contribution in [2.24, 2.45) is 0 Å². The van der Waals surface area contributed by atoms with Gasteiger partial charge in [-0.15, -0.1) is 0 Å². The highest BCUT2D eigenvalue weighted by molar-refractivity contribution is 6.15. The number of nitrogens with zero attached hydrogens (tertiary/aromatic N) is 1. The molecular formula is C16H17N3O5. The fourth-order valence-corrected chi connectivity index (χ4v) is 2.46. The Morgan fingerprint density at radius 2 is 1.88 bits per heavy atom. The van der Waals surface area contributed by atoms with Crippen LogP contribution in [-0.4, -0.2) is 35.7 Å². The Hall–Kier alpha value is -3.03. The van der Waals surface area contributed by atoms with Gasteiger partial charge in [-0.1, -0.05) is 6.07 Å². The normalized spacial score (nSPS) is 19.0. The van der Waals surface area contributed by atoms with Gasteiger partial charge in [0.25, 0.3) is 5.79 Å². The van der Waals surface area contributed by atoms with Crippen molar-refractivity contribution >= 4 is 29.3 Å². The van der Waals surface area contributed by atoms with Gasteiger partial charge in [-0.2, -0.15) is 0 Å². The van der Waals surface area contributed by atoms with Crippen LogP contribution in [0.2, 0.25) is 0 Å². The third kappa shape index (κ3) is 2.90. The van der Waals surface area contributed by atoms with Crippen molar-refractivity contribution in [3.05, 3.63) is 35.5 Å². The SMILES string of the molecule is CN1Cc2c(NC=C3C(=O)OC(C)(C)OC3=O)cccc2NC1=O. The van der Waals surface area contributed by atoms with Crippen LogP contribution >= 0.6 is 0 Å². The van der Waals surface area contributed by atoms with E-state index in [2.05, 4.69) is 10.6 Å². The highest BCUT2D eigenvalue weighted by atomic mass is 16.7. The van der Waals surface area contributed by atoms with Crippen molar-refractivity contribution in [2.45, 2.75) is 26.2 Å². The Morgan fingerprint density at radius 3 is 2.54 bits per heavy atom. The number of amides is 2. The molecule has 1 saturated heterocycles. The first-order valence-electron chi connectivity index (χ1n) is 7.34. The summed E-state index contributed by atoms with van der Waals surface area (Å²) in [7, 11) is 1.67. The molecule has 126 valence electrons. The number of carbonyl (C=O) groups is 3. The van der Waals surface area contributed by atoms with Gasteiger partial charge in [0.1, 0.15) is 0 Å². The Labute approximate surface area is 138 Å². The van der Waals surface area contributed by atoms with Crippen molar-refractivity contribution < 1.29 is 23.9 Å². The maximum Gasteiger partial charge on any atom is 0.350 e. The molecule has 1 fully saturated rings. The third-order valence-electron chi connectivity index (χ3n) is 3.65. The van der Waals surface area contributed by atoms with Gasteiger partial charge in [0, 0.05) is 44.0 Å². The Balaban J connectivity index is 1.85. The zero-order chi connectivity index (χ0) is 17.5. The van der Waals surface area contributed by atoms with Gasteiger partial charge < -0.3 is 25.0 Å². The number of urea groups is 1. The van der Waals surface area contributed by atoms with Crippen LogP contribution in [0.3, 0.4) is 0 Å². The van der Waals surface area contributed by atoms with Crippen molar-refractivity contribution in [1.29, 1.82) is 0 Å². The summed E-state index contributed by atoms with van der Waals surface area (Å²) in [5, 5.41) is 5.68. The molecule has 2 N–H and O–H groups in total. The van der Waals surface area contributed by atoms with Crippen LogP contribution in [-0.2, 0) is 25.6 Å². The number of esters is 2. The number of fused-ring (bicyclic) bond motifs is 1. The second kappa shape index (κ2) is 5.55. The minimum absolute atomic E-state index is 0.195. The van der Waals surface area contributed by atoms with Crippen LogP contribution in [0.25, 0.3) is 0 Å². The van der Waals surface area contributed by atoms with E-state index in [1.807, 2.05) is 0 Å². The number of rotatable bonds is 2. The first-order valence-corrected chi connectivity index (χ1v) is 7.34. The largest absolute Gasteiger partial charge is 0.419 e. The molecule has 0 bridgehead atoms. The topological polar surface area (TPSA) is 97.0 Å². The lowest BCUT2D eigenvalue weighted by Gasteiger charge is -2.30. The molecule has 0 unspecified atom stereocenters. The van der Waals surface area contributed by atoms with Gasteiger partial charge in [0.05, 0.1) is 6.54 Å². The number of anilines is 2. The van der Waals surface area contributed by atoms with Crippen LogP contribution in [0, 0.1) is 0 Å². The smallest absolute Gasteiger partial charge is 0.350 e. The van der Waals surface area contributed by atoms with Crippen molar-refractivity contribution in [3.63, 3.8) is 0 Å². The minimum Gasteiger partial charge on any atom is -0.419 e. The van der Waals surface area contributed by atoms with Gasteiger partial charge in [-0.3, -0.25) is 0 Å². The zero-order valence-electron chi connectivity index (χ0n) is 13.5. The van der Waals surface area contributed by atoms with Gasteiger partial charge in [0.15, 0.2) is 5.57 Å². The lowest BCUT2D eigenvalue weighted by atomic mass is 10.1. The Bertz CT molecular complexity index is 747. The molecule has 2 heterocycles. The first kappa shape index (κ1) is 15.9. The van der Waals surface area contributed by atoms with E-state index in [4.69, 9.17) is 9.47 Å². The molecule has 2 aliphatic rings. The van der Waals surface area contributed by atoms with Crippen LogP contribution in [0.5, 0.6) is 0 Å². The number of hydrogen-bond acceptors (Lipinski definition) is 6. The molecule has 8 nitrogen and oxygen atoms in total. The molecule has 0 spiro atoms. The van der Waals surface area contributed by atoms with Gasteiger partial charge in [-0.05, 0) is 12.1 Å². The summed E-state index contributed by atoms with van der Waals surface area (Å²) >= 11 is 0. The number of cyclic esters (lactones) is 2. The summed E-state index contributed by atoms with van der Waals surface area (Å²) in [5.41, 5.74) is 1.96. The third-order valence-corrected chi connectivity index (χ3v) is 3.65. The Kier molecular flexibility index (Phi) is 3.67. The predicted molar refractivity (Wildman–Crippen MR) is 84.9 cm³/mol. The molecule has 0 saturated carbocycles. The van der Waals surface area contributed by atoms with E-state index in [9.17, 15) is 14.4 Å². The maximum atomic E-state index is 11.9. The van der Waals surface area contributed by atoms with E-state index in [0.29, 0.717) is 17.9 Å². The fourth-order valence-electron chi connectivity index (χ4n) is 2.46. The quantitative estimate of drug-likeness (QED) is 0.487. The average Bonchev–Trinajstić information content (AvgIpc) is 2.46. The summed E-state index contributed by atoms with van der Waals surface area (Å²) in [5.74, 6) is -2.78. The molecule has 24 heavy (non-hydrogen) atoms. The van der Waals surface area contributed by atoms with Crippen molar-refractivity contribution in [1.82, 2.24) is 4.90 Å². The highest BCUT2D eigenvalue weighted by Gasteiger charge is 2.39. The molecule has 2 aliphatic heterocycles. The Morgan fingerprint density at radius 1 is 1.21 bits per heavy atom. The molecule has 0 aliphatic carbocycles. The van der Waals surface area contributed by atoms with Gasteiger partial charge in [0.2, 0.25) is 0 Å². The molecule has 0 atom stereocenters. The second-order valence-corrected chi connectivity index (χ2v) is 6.00. The predicted octanol–water partition coefficient (Wildman–Crippen LogP) is 1.80. The molecule has 0 aromatic heterocycles. The summed E-state index contributed by atoms with van der Waals surface area (Å²) < 4.78 is 10.1. The zero-order valence-corrected chi connectivity index (χ0v) is 13.5. The molecule has 3 rings (SSSR count). The van der Waals surface area contributed by atoms with E-state index >= 15 is 0 Å². The maximum absolute atomic E-state index is 11.9. The van der Waals surface area contributed by atoms with E-state index in [1.165, 1.54) is 24.9 Å². The molecule has 1 aromatic rings. The molecule has 8 heteroatoms. The lowest BCUT2D eigenvalue weighted by Crippen LogP contribution is -2.42. The molecular weight excluding hydrogens is 314 g/mol. The highest BCUT2D eigenvalue weighted by Crippen LogP contribution is 2.30. The van der Waals surface area contributed by atoms with Gasteiger partial charge in [-0.25, -0.2) is 14.4 Å². The van der Waals surface area contributed by atoms with E-state index in [0.717, 1.165) is 5.56 Å². The van der Waals surface area contributed by atoms with Gasteiger partial charge >= 0.3 is 18.0 Å². The number of ether oxygens (including phenoxy) is 2. The van der Waals surface area contributed by atoms with Crippen molar-refractivity contribution in [2.75, 3.05) is 17.7 Å². The number of nitrogens with one attached hydrogen (secondary N) is 2. The fraction of sp³-hybridized carbons (Fsp3) is 0.312. The molecule has 1 aromatic carbocycles. The number of hydrogen-bond donors (Lipinski definition) is 2. The van der Waals surface area contributed by atoms with Crippen LogP contribution in [0.1, 0.15) is 19.4 Å².